The average Bonchev–Trinajstić information content (AvgIpc) is 3.22. The smallest absolute Gasteiger partial charge is 0.292 e. The second-order valence-corrected chi connectivity index (χ2v) is 6.53. The van der Waals surface area contributed by atoms with Gasteiger partial charge in [-0.25, -0.2) is 4.39 Å². The SMILES string of the molecule is O=C(c1cc(OCc2ccccc2)no1)N1CCN(c2ccccc2F)CC1. The van der Waals surface area contributed by atoms with Gasteiger partial charge in [0.15, 0.2) is 0 Å². The van der Waals surface area contributed by atoms with Gasteiger partial charge in [0.05, 0.1) is 11.8 Å². The minimum absolute atomic E-state index is 0.141. The van der Waals surface area contributed by atoms with E-state index in [4.69, 9.17) is 9.26 Å². The maximum absolute atomic E-state index is 13.9. The standard InChI is InChI=1S/C21H20FN3O3/c22-17-8-4-5-9-18(17)24-10-12-25(13-11-24)21(26)19-14-20(23-28-19)27-15-16-6-2-1-3-7-16/h1-9,14H,10-13,15H2. The van der Waals surface area contributed by atoms with E-state index >= 15 is 0 Å². The highest BCUT2D eigenvalue weighted by Crippen LogP contribution is 2.21. The van der Waals surface area contributed by atoms with E-state index in [1.165, 1.54) is 12.1 Å². The predicted octanol–water partition coefficient (Wildman–Crippen LogP) is 3.36. The number of hydrogen-bond acceptors (Lipinski definition) is 5. The topological polar surface area (TPSA) is 58.8 Å². The third kappa shape index (κ3) is 3.98. The molecule has 7 heteroatoms. The number of halogens is 1. The maximum Gasteiger partial charge on any atom is 0.292 e. The highest BCUT2D eigenvalue weighted by Gasteiger charge is 2.26. The van der Waals surface area contributed by atoms with E-state index < -0.39 is 0 Å². The molecule has 0 atom stereocenters. The van der Waals surface area contributed by atoms with Crippen LogP contribution in [0, 0.1) is 5.82 Å². The van der Waals surface area contributed by atoms with Crippen molar-refractivity contribution in [3.05, 3.63) is 77.8 Å². The van der Waals surface area contributed by atoms with Crippen LogP contribution in [0.1, 0.15) is 16.1 Å². The number of ether oxygens (including phenoxy) is 1. The van der Waals surface area contributed by atoms with Crippen molar-refractivity contribution < 1.29 is 18.4 Å². The van der Waals surface area contributed by atoms with Crippen LogP contribution < -0.4 is 9.64 Å². The van der Waals surface area contributed by atoms with Gasteiger partial charge in [0, 0.05) is 26.2 Å². The average molecular weight is 381 g/mol. The Labute approximate surface area is 162 Å². The zero-order chi connectivity index (χ0) is 19.3. The van der Waals surface area contributed by atoms with E-state index in [1.54, 1.807) is 23.1 Å². The molecule has 0 radical (unpaired) electrons. The number of piperazine rings is 1. The Bertz CT molecular complexity index is 937. The molecule has 0 aliphatic carbocycles. The first-order valence-electron chi connectivity index (χ1n) is 9.13. The lowest BCUT2D eigenvalue weighted by Gasteiger charge is -2.35. The van der Waals surface area contributed by atoms with Gasteiger partial charge in [-0.15, -0.1) is 0 Å². The first-order valence-corrected chi connectivity index (χ1v) is 9.13. The molecule has 0 spiro atoms. The summed E-state index contributed by atoms with van der Waals surface area (Å²) in [5, 5.41) is 3.82. The molecule has 1 fully saturated rings. The molecule has 1 aromatic heterocycles. The molecule has 144 valence electrons. The number of aromatic nitrogens is 1. The molecule has 1 amide bonds. The number of amides is 1. The second kappa shape index (κ2) is 8.12. The van der Waals surface area contributed by atoms with E-state index in [9.17, 15) is 9.18 Å². The molecule has 0 unspecified atom stereocenters. The van der Waals surface area contributed by atoms with Gasteiger partial charge in [-0.3, -0.25) is 4.79 Å². The minimum atomic E-state index is -0.252. The van der Waals surface area contributed by atoms with Crippen LogP contribution in [0.25, 0.3) is 0 Å². The van der Waals surface area contributed by atoms with E-state index in [-0.39, 0.29) is 23.4 Å². The van der Waals surface area contributed by atoms with Gasteiger partial charge in [-0.2, -0.15) is 0 Å². The van der Waals surface area contributed by atoms with Gasteiger partial charge in [-0.1, -0.05) is 42.5 Å². The minimum Gasteiger partial charge on any atom is -0.471 e. The van der Waals surface area contributed by atoms with Crippen molar-refractivity contribution in [2.45, 2.75) is 6.61 Å². The van der Waals surface area contributed by atoms with Crippen molar-refractivity contribution in [3.8, 4) is 5.88 Å². The molecule has 1 aliphatic heterocycles. The van der Waals surface area contributed by atoms with Crippen LogP contribution in [0.2, 0.25) is 0 Å². The molecule has 0 bridgehead atoms. The highest BCUT2D eigenvalue weighted by atomic mass is 19.1. The van der Waals surface area contributed by atoms with Crippen LogP contribution in [0.5, 0.6) is 5.88 Å². The number of anilines is 1. The van der Waals surface area contributed by atoms with E-state index in [0.29, 0.717) is 38.5 Å². The van der Waals surface area contributed by atoms with Crippen molar-refractivity contribution in [1.82, 2.24) is 10.1 Å². The highest BCUT2D eigenvalue weighted by molar-refractivity contribution is 5.91. The maximum atomic E-state index is 13.9. The molecule has 1 aliphatic rings. The van der Waals surface area contributed by atoms with Crippen LogP contribution in [-0.4, -0.2) is 42.1 Å². The summed E-state index contributed by atoms with van der Waals surface area (Å²) in [5.74, 6) is -0.0763. The molecule has 2 aromatic carbocycles. The largest absolute Gasteiger partial charge is 0.471 e. The van der Waals surface area contributed by atoms with Gasteiger partial charge in [0.1, 0.15) is 12.4 Å². The monoisotopic (exact) mass is 381 g/mol. The van der Waals surface area contributed by atoms with Gasteiger partial charge < -0.3 is 19.1 Å². The summed E-state index contributed by atoms with van der Waals surface area (Å²) >= 11 is 0. The molecule has 0 N–H and O–H groups in total. The summed E-state index contributed by atoms with van der Waals surface area (Å²) in [5.41, 5.74) is 1.56. The Morgan fingerprint density at radius 2 is 1.75 bits per heavy atom. The summed E-state index contributed by atoms with van der Waals surface area (Å²) in [6.45, 7) is 2.42. The molecule has 0 saturated carbocycles. The first-order chi connectivity index (χ1) is 13.7. The van der Waals surface area contributed by atoms with Gasteiger partial charge >= 0.3 is 0 Å². The molecule has 28 heavy (non-hydrogen) atoms. The summed E-state index contributed by atoms with van der Waals surface area (Å²) in [6, 6.07) is 17.9. The van der Waals surface area contributed by atoms with Gasteiger partial charge in [-0.05, 0) is 22.9 Å². The van der Waals surface area contributed by atoms with Crippen LogP contribution >= 0.6 is 0 Å². The molecular formula is C21H20FN3O3. The Morgan fingerprint density at radius 1 is 1.04 bits per heavy atom. The fourth-order valence-electron chi connectivity index (χ4n) is 3.17. The Hall–Kier alpha value is -3.35. The van der Waals surface area contributed by atoms with Gasteiger partial charge in [0.25, 0.3) is 11.8 Å². The lowest BCUT2D eigenvalue weighted by atomic mass is 10.2. The summed E-state index contributed by atoms with van der Waals surface area (Å²) < 4.78 is 24.7. The van der Waals surface area contributed by atoms with Gasteiger partial charge in [0.2, 0.25) is 5.76 Å². The van der Waals surface area contributed by atoms with Crippen molar-refractivity contribution in [2.24, 2.45) is 0 Å². The van der Waals surface area contributed by atoms with Crippen LogP contribution in [0.4, 0.5) is 10.1 Å². The van der Waals surface area contributed by atoms with Crippen LogP contribution in [0.3, 0.4) is 0 Å². The number of benzene rings is 2. The molecule has 2 heterocycles. The van der Waals surface area contributed by atoms with E-state index in [0.717, 1.165) is 5.56 Å². The van der Waals surface area contributed by atoms with Crippen molar-refractivity contribution in [3.63, 3.8) is 0 Å². The molecule has 4 rings (SSSR count). The number of carbonyl (C=O) groups is 1. The molecule has 1 saturated heterocycles. The molecular weight excluding hydrogens is 361 g/mol. The quantitative estimate of drug-likeness (QED) is 0.678. The lowest BCUT2D eigenvalue weighted by Crippen LogP contribution is -2.49. The second-order valence-electron chi connectivity index (χ2n) is 6.53. The normalized spacial score (nSPS) is 14.2. The van der Waals surface area contributed by atoms with E-state index in [2.05, 4.69) is 5.16 Å². The molecule has 3 aromatic rings. The Kier molecular flexibility index (Phi) is 5.23. The zero-order valence-electron chi connectivity index (χ0n) is 15.3. The van der Waals surface area contributed by atoms with E-state index in [1.807, 2.05) is 35.2 Å². The van der Waals surface area contributed by atoms with Crippen LogP contribution in [0.15, 0.2) is 65.2 Å². The van der Waals surface area contributed by atoms with Crippen molar-refractivity contribution >= 4 is 11.6 Å². The van der Waals surface area contributed by atoms with Crippen molar-refractivity contribution in [1.29, 1.82) is 0 Å². The summed E-state index contributed by atoms with van der Waals surface area (Å²) in [7, 11) is 0. The third-order valence-corrected chi connectivity index (χ3v) is 4.69. The summed E-state index contributed by atoms with van der Waals surface area (Å²) in [6.07, 6.45) is 0. The Morgan fingerprint density at radius 3 is 2.50 bits per heavy atom. The summed E-state index contributed by atoms with van der Waals surface area (Å²) in [4.78, 5) is 16.3. The number of rotatable bonds is 5. The number of para-hydroxylation sites is 1. The lowest BCUT2D eigenvalue weighted by molar-refractivity contribution is 0.0704. The third-order valence-electron chi connectivity index (χ3n) is 4.69. The molecule has 6 nitrogen and oxygen atoms in total. The Balaban J connectivity index is 1.33. The fraction of sp³-hybridized carbons (Fsp3) is 0.238. The predicted molar refractivity (Wildman–Crippen MR) is 102 cm³/mol. The number of nitrogens with zero attached hydrogens (tertiary/aromatic N) is 3. The number of carbonyl (C=O) groups excluding carboxylic acids is 1. The fourth-order valence-corrected chi connectivity index (χ4v) is 3.17. The van der Waals surface area contributed by atoms with Crippen LogP contribution in [-0.2, 0) is 6.61 Å². The van der Waals surface area contributed by atoms with Crippen molar-refractivity contribution in [2.75, 3.05) is 31.1 Å². The first kappa shape index (κ1) is 18.0. The number of hydrogen-bond donors (Lipinski definition) is 0. The zero-order valence-corrected chi connectivity index (χ0v) is 15.3.